The Bertz CT molecular complexity index is 431. The van der Waals surface area contributed by atoms with Crippen molar-refractivity contribution in [1.82, 2.24) is 14.8 Å². The lowest BCUT2D eigenvalue weighted by atomic mass is 10.1. The van der Waals surface area contributed by atoms with Crippen LogP contribution in [0.3, 0.4) is 0 Å². The van der Waals surface area contributed by atoms with Crippen LogP contribution < -0.4 is 0 Å². The first kappa shape index (κ1) is 9.58. The van der Waals surface area contributed by atoms with Crippen LogP contribution in [0.1, 0.15) is 5.56 Å². The van der Waals surface area contributed by atoms with Crippen molar-refractivity contribution >= 4 is 5.71 Å². The highest BCUT2D eigenvalue weighted by Crippen LogP contribution is 2.02. The number of aromatic nitrogens is 3. The molecule has 1 aromatic heterocycles. The predicted octanol–water partition coefficient (Wildman–Crippen LogP) is 1.40. The Hall–Kier alpha value is -1.97. The number of hydrogen-bond donors (Lipinski definition) is 0. The van der Waals surface area contributed by atoms with Gasteiger partial charge in [0, 0.05) is 7.05 Å². The molecule has 0 bridgehead atoms. The van der Waals surface area contributed by atoms with Crippen molar-refractivity contribution < 1.29 is 0 Å². The van der Waals surface area contributed by atoms with Crippen molar-refractivity contribution in [2.45, 2.75) is 6.54 Å². The van der Waals surface area contributed by atoms with Gasteiger partial charge in [-0.25, -0.2) is 9.67 Å². The molecule has 0 aliphatic rings. The van der Waals surface area contributed by atoms with Crippen LogP contribution in [0.4, 0.5) is 0 Å². The summed E-state index contributed by atoms with van der Waals surface area (Å²) in [5, 5.41) is 4.05. The van der Waals surface area contributed by atoms with E-state index < -0.39 is 0 Å². The topological polar surface area (TPSA) is 43.1 Å². The summed E-state index contributed by atoms with van der Waals surface area (Å²) in [5.41, 5.74) is 2.12. The van der Waals surface area contributed by atoms with E-state index >= 15 is 0 Å². The monoisotopic (exact) mass is 200 g/mol. The Morgan fingerprint density at radius 2 is 2.13 bits per heavy atom. The molecule has 4 nitrogen and oxygen atoms in total. The molecule has 0 amide bonds. The molecule has 1 aromatic carbocycles. The Balaban J connectivity index is 2.20. The van der Waals surface area contributed by atoms with Crippen LogP contribution in [-0.4, -0.2) is 27.5 Å². The molecule has 0 aliphatic heterocycles. The van der Waals surface area contributed by atoms with E-state index in [-0.39, 0.29) is 0 Å². The fraction of sp³-hybridized carbons (Fsp3) is 0.182. The molecule has 0 saturated carbocycles. The lowest BCUT2D eigenvalue weighted by Gasteiger charge is -2.05. The van der Waals surface area contributed by atoms with Crippen LogP contribution in [0, 0.1) is 0 Å². The molecule has 0 N–H and O–H groups in total. The van der Waals surface area contributed by atoms with Crippen LogP contribution in [0.15, 0.2) is 48.0 Å². The summed E-state index contributed by atoms with van der Waals surface area (Å²) in [5.74, 6) is 0. The first-order valence-electron chi connectivity index (χ1n) is 4.73. The zero-order valence-electron chi connectivity index (χ0n) is 8.54. The van der Waals surface area contributed by atoms with Gasteiger partial charge in [-0.15, -0.1) is 0 Å². The van der Waals surface area contributed by atoms with Crippen molar-refractivity contribution in [3.8, 4) is 0 Å². The van der Waals surface area contributed by atoms with E-state index in [0.29, 0.717) is 6.54 Å². The zero-order chi connectivity index (χ0) is 10.5. The minimum atomic E-state index is 0.653. The first-order chi connectivity index (χ1) is 7.40. The van der Waals surface area contributed by atoms with Crippen LogP contribution in [0.2, 0.25) is 0 Å². The summed E-state index contributed by atoms with van der Waals surface area (Å²) in [6.07, 6.45) is 3.21. The lowest BCUT2D eigenvalue weighted by Crippen LogP contribution is -2.11. The van der Waals surface area contributed by atoms with E-state index in [0.717, 1.165) is 11.3 Å². The summed E-state index contributed by atoms with van der Waals surface area (Å²) < 4.78 is 1.76. The highest BCUT2D eigenvalue weighted by Gasteiger charge is 2.02. The van der Waals surface area contributed by atoms with E-state index in [4.69, 9.17) is 0 Å². The van der Waals surface area contributed by atoms with Crippen LogP contribution in [0.25, 0.3) is 0 Å². The standard InChI is InChI=1S/C11H12N4/c1-12-11(7-15-9-13-8-14-15)10-5-3-2-4-6-10/h2-6,8-9H,7H2,1H3. The summed E-state index contributed by atoms with van der Waals surface area (Å²) in [7, 11) is 1.79. The number of rotatable bonds is 3. The highest BCUT2D eigenvalue weighted by molar-refractivity contribution is 6.00. The van der Waals surface area contributed by atoms with Crippen molar-refractivity contribution in [2.24, 2.45) is 4.99 Å². The van der Waals surface area contributed by atoms with Crippen LogP contribution in [0.5, 0.6) is 0 Å². The second-order valence-corrected chi connectivity index (χ2v) is 3.13. The average Bonchev–Trinajstić information content (AvgIpc) is 2.80. The smallest absolute Gasteiger partial charge is 0.137 e. The molecular formula is C11H12N4. The summed E-state index contributed by atoms with van der Waals surface area (Å²) >= 11 is 0. The van der Waals surface area contributed by atoms with Crippen molar-refractivity contribution in [1.29, 1.82) is 0 Å². The zero-order valence-corrected chi connectivity index (χ0v) is 8.54. The molecule has 76 valence electrons. The Morgan fingerprint density at radius 3 is 2.73 bits per heavy atom. The maximum absolute atomic E-state index is 4.26. The molecule has 15 heavy (non-hydrogen) atoms. The van der Waals surface area contributed by atoms with Gasteiger partial charge in [-0.2, -0.15) is 5.10 Å². The van der Waals surface area contributed by atoms with Gasteiger partial charge < -0.3 is 0 Å². The van der Waals surface area contributed by atoms with E-state index in [1.807, 2.05) is 30.3 Å². The highest BCUT2D eigenvalue weighted by atomic mass is 15.3. The van der Waals surface area contributed by atoms with Gasteiger partial charge in [0.2, 0.25) is 0 Å². The predicted molar refractivity (Wildman–Crippen MR) is 58.9 cm³/mol. The second kappa shape index (κ2) is 4.50. The van der Waals surface area contributed by atoms with Gasteiger partial charge in [0.05, 0.1) is 12.3 Å². The molecule has 0 saturated heterocycles. The van der Waals surface area contributed by atoms with Gasteiger partial charge in [0.1, 0.15) is 12.7 Å². The van der Waals surface area contributed by atoms with Gasteiger partial charge in [-0.05, 0) is 5.56 Å². The molecule has 0 fully saturated rings. The molecule has 0 radical (unpaired) electrons. The third-order valence-corrected chi connectivity index (χ3v) is 2.16. The van der Waals surface area contributed by atoms with E-state index in [1.165, 1.54) is 6.33 Å². The van der Waals surface area contributed by atoms with E-state index in [1.54, 1.807) is 18.1 Å². The fourth-order valence-corrected chi connectivity index (χ4v) is 1.39. The lowest BCUT2D eigenvalue weighted by molar-refractivity contribution is 0.721. The van der Waals surface area contributed by atoms with Gasteiger partial charge in [-0.1, -0.05) is 30.3 Å². The minimum absolute atomic E-state index is 0.653. The number of aliphatic imine (C=N–C) groups is 1. The quantitative estimate of drug-likeness (QED) is 0.703. The Morgan fingerprint density at radius 1 is 1.33 bits per heavy atom. The molecular weight excluding hydrogens is 188 g/mol. The Kier molecular flexibility index (Phi) is 2.88. The maximum Gasteiger partial charge on any atom is 0.137 e. The molecule has 1 heterocycles. The molecule has 0 spiro atoms. The number of benzene rings is 1. The minimum Gasteiger partial charge on any atom is -0.290 e. The fourth-order valence-electron chi connectivity index (χ4n) is 1.39. The van der Waals surface area contributed by atoms with Gasteiger partial charge in [0.15, 0.2) is 0 Å². The Labute approximate surface area is 88.3 Å². The summed E-state index contributed by atoms with van der Waals surface area (Å²) in [6.45, 7) is 0.653. The van der Waals surface area contributed by atoms with E-state index in [2.05, 4.69) is 15.1 Å². The maximum atomic E-state index is 4.26. The number of hydrogen-bond acceptors (Lipinski definition) is 3. The van der Waals surface area contributed by atoms with Crippen molar-refractivity contribution in [3.05, 3.63) is 48.5 Å². The first-order valence-corrected chi connectivity index (χ1v) is 4.73. The van der Waals surface area contributed by atoms with Gasteiger partial charge >= 0.3 is 0 Å². The number of nitrogens with zero attached hydrogens (tertiary/aromatic N) is 4. The van der Waals surface area contributed by atoms with Crippen LogP contribution >= 0.6 is 0 Å². The average molecular weight is 200 g/mol. The van der Waals surface area contributed by atoms with Crippen LogP contribution in [-0.2, 0) is 6.54 Å². The molecule has 2 rings (SSSR count). The SMILES string of the molecule is CN=C(Cn1cncn1)c1ccccc1. The third-order valence-electron chi connectivity index (χ3n) is 2.16. The van der Waals surface area contributed by atoms with Gasteiger partial charge in [-0.3, -0.25) is 4.99 Å². The molecule has 0 aliphatic carbocycles. The van der Waals surface area contributed by atoms with Crippen molar-refractivity contribution in [2.75, 3.05) is 7.05 Å². The molecule has 0 atom stereocenters. The third kappa shape index (κ3) is 2.28. The summed E-state index contributed by atoms with van der Waals surface area (Å²) in [4.78, 5) is 8.16. The molecule has 2 aromatic rings. The normalized spacial score (nSPS) is 11.7. The largest absolute Gasteiger partial charge is 0.290 e. The molecule has 0 unspecified atom stereocenters. The van der Waals surface area contributed by atoms with Gasteiger partial charge in [0.25, 0.3) is 0 Å². The second-order valence-electron chi connectivity index (χ2n) is 3.13. The van der Waals surface area contributed by atoms with E-state index in [9.17, 15) is 0 Å². The molecule has 4 heteroatoms. The summed E-state index contributed by atoms with van der Waals surface area (Å²) in [6, 6.07) is 10.1. The van der Waals surface area contributed by atoms with Crippen molar-refractivity contribution in [3.63, 3.8) is 0 Å².